The lowest BCUT2D eigenvalue weighted by Gasteiger charge is -2.23. The maximum atomic E-state index is 10.9. The Kier molecular flexibility index (Phi) is 6.12. The van der Waals surface area contributed by atoms with Gasteiger partial charge in [-0.25, -0.2) is 0 Å². The molecule has 0 spiro atoms. The van der Waals surface area contributed by atoms with E-state index in [2.05, 4.69) is 20.8 Å². The number of nitrogens with zero attached hydrogens (tertiary/aromatic N) is 1. The fourth-order valence-corrected chi connectivity index (χ4v) is 2.26. The summed E-state index contributed by atoms with van der Waals surface area (Å²) in [6.07, 6.45) is 0. The predicted molar refractivity (Wildman–Crippen MR) is 76.9 cm³/mol. The SMILES string of the molecule is CCN(Cc1cc(Br)ccc1Cl)CC(C)C(=O)O. The molecule has 0 aromatic heterocycles. The van der Waals surface area contributed by atoms with E-state index in [1.807, 2.05) is 25.1 Å². The van der Waals surface area contributed by atoms with Crippen molar-refractivity contribution in [2.45, 2.75) is 20.4 Å². The molecule has 1 N–H and O–H groups in total. The van der Waals surface area contributed by atoms with Crippen LogP contribution < -0.4 is 0 Å². The Morgan fingerprint density at radius 2 is 2.22 bits per heavy atom. The quantitative estimate of drug-likeness (QED) is 0.863. The first-order chi connectivity index (χ1) is 8.43. The number of hydrogen-bond donors (Lipinski definition) is 1. The average molecular weight is 335 g/mol. The summed E-state index contributed by atoms with van der Waals surface area (Å²) in [6, 6.07) is 5.70. The normalized spacial score (nSPS) is 12.7. The third-order valence-corrected chi connectivity index (χ3v) is 3.66. The monoisotopic (exact) mass is 333 g/mol. The van der Waals surface area contributed by atoms with Crippen molar-refractivity contribution < 1.29 is 9.90 Å². The van der Waals surface area contributed by atoms with Crippen LogP contribution in [0.3, 0.4) is 0 Å². The molecule has 0 saturated heterocycles. The van der Waals surface area contributed by atoms with E-state index in [9.17, 15) is 4.79 Å². The van der Waals surface area contributed by atoms with E-state index in [0.29, 0.717) is 18.1 Å². The molecule has 0 heterocycles. The minimum Gasteiger partial charge on any atom is -0.481 e. The summed E-state index contributed by atoms with van der Waals surface area (Å²) in [5.41, 5.74) is 1.01. The second kappa shape index (κ2) is 7.12. The summed E-state index contributed by atoms with van der Waals surface area (Å²) in [5, 5.41) is 9.64. The lowest BCUT2D eigenvalue weighted by atomic mass is 10.1. The van der Waals surface area contributed by atoms with Crippen LogP contribution >= 0.6 is 27.5 Å². The lowest BCUT2D eigenvalue weighted by molar-refractivity contribution is -0.141. The van der Waals surface area contributed by atoms with Crippen LogP contribution in [-0.2, 0) is 11.3 Å². The van der Waals surface area contributed by atoms with Crippen molar-refractivity contribution in [3.63, 3.8) is 0 Å². The second-order valence-electron chi connectivity index (χ2n) is 4.30. The third-order valence-electron chi connectivity index (χ3n) is 2.80. The van der Waals surface area contributed by atoms with Crippen LogP contribution in [0.4, 0.5) is 0 Å². The molecule has 0 fully saturated rings. The van der Waals surface area contributed by atoms with Gasteiger partial charge in [-0.05, 0) is 30.3 Å². The van der Waals surface area contributed by atoms with E-state index in [4.69, 9.17) is 16.7 Å². The second-order valence-corrected chi connectivity index (χ2v) is 5.63. The van der Waals surface area contributed by atoms with Crippen LogP contribution in [0, 0.1) is 5.92 Å². The average Bonchev–Trinajstić information content (AvgIpc) is 2.32. The van der Waals surface area contributed by atoms with Crippen molar-refractivity contribution in [2.24, 2.45) is 5.92 Å². The molecule has 3 nitrogen and oxygen atoms in total. The van der Waals surface area contributed by atoms with Crippen molar-refractivity contribution in [2.75, 3.05) is 13.1 Å². The highest BCUT2D eigenvalue weighted by Crippen LogP contribution is 2.22. The Morgan fingerprint density at radius 3 is 2.78 bits per heavy atom. The van der Waals surface area contributed by atoms with Gasteiger partial charge >= 0.3 is 5.97 Å². The van der Waals surface area contributed by atoms with Gasteiger partial charge in [0, 0.05) is 22.6 Å². The number of hydrogen-bond acceptors (Lipinski definition) is 2. The molecule has 100 valence electrons. The molecule has 1 aromatic carbocycles. The number of benzene rings is 1. The third kappa shape index (κ3) is 4.59. The summed E-state index contributed by atoms with van der Waals surface area (Å²) in [5.74, 6) is -1.15. The predicted octanol–water partition coefficient (Wildman–Crippen LogP) is 3.65. The maximum Gasteiger partial charge on any atom is 0.307 e. The van der Waals surface area contributed by atoms with Crippen molar-refractivity contribution in [1.82, 2.24) is 4.90 Å². The summed E-state index contributed by atoms with van der Waals surface area (Å²) >= 11 is 9.54. The molecule has 18 heavy (non-hydrogen) atoms. The molecule has 0 radical (unpaired) electrons. The van der Waals surface area contributed by atoms with Gasteiger partial charge < -0.3 is 5.11 Å². The van der Waals surface area contributed by atoms with Crippen LogP contribution in [0.1, 0.15) is 19.4 Å². The van der Waals surface area contributed by atoms with Crippen LogP contribution in [0.15, 0.2) is 22.7 Å². The van der Waals surface area contributed by atoms with E-state index < -0.39 is 5.97 Å². The molecule has 1 unspecified atom stereocenters. The molecule has 0 bridgehead atoms. The number of rotatable bonds is 6. The number of carboxylic acids is 1. The Morgan fingerprint density at radius 1 is 1.56 bits per heavy atom. The van der Waals surface area contributed by atoms with Gasteiger partial charge in [-0.2, -0.15) is 0 Å². The first-order valence-electron chi connectivity index (χ1n) is 5.83. The van der Waals surface area contributed by atoms with Crippen molar-refractivity contribution in [3.05, 3.63) is 33.3 Å². The van der Waals surface area contributed by atoms with Gasteiger partial charge in [0.25, 0.3) is 0 Å². The fraction of sp³-hybridized carbons (Fsp3) is 0.462. The smallest absolute Gasteiger partial charge is 0.307 e. The zero-order chi connectivity index (χ0) is 13.7. The van der Waals surface area contributed by atoms with Gasteiger partial charge in [-0.15, -0.1) is 0 Å². The van der Waals surface area contributed by atoms with Gasteiger partial charge in [0.05, 0.1) is 5.92 Å². The number of carboxylic acid groups (broad SMARTS) is 1. The van der Waals surface area contributed by atoms with Gasteiger partial charge in [0.2, 0.25) is 0 Å². The Balaban J connectivity index is 2.73. The summed E-state index contributed by atoms with van der Waals surface area (Å²) in [4.78, 5) is 12.9. The van der Waals surface area contributed by atoms with Gasteiger partial charge in [0.15, 0.2) is 0 Å². The topological polar surface area (TPSA) is 40.5 Å². The van der Waals surface area contributed by atoms with Crippen molar-refractivity contribution >= 4 is 33.5 Å². The molecular weight excluding hydrogens is 318 g/mol. The molecule has 1 atom stereocenters. The van der Waals surface area contributed by atoms with E-state index >= 15 is 0 Å². The highest BCUT2D eigenvalue weighted by atomic mass is 79.9. The number of halogens is 2. The van der Waals surface area contributed by atoms with E-state index in [1.165, 1.54) is 0 Å². The largest absolute Gasteiger partial charge is 0.481 e. The minimum atomic E-state index is -0.770. The molecule has 0 aliphatic rings. The highest BCUT2D eigenvalue weighted by molar-refractivity contribution is 9.10. The minimum absolute atomic E-state index is 0.379. The van der Waals surface area contributed by atoms with E-state index in [0.717, 1.165) is 16.6 Å². The van der Waals surface area contributed by atoms with Gasteiger partial charge in [-0.1, -0.05) is 41.4 Å². The molecular formula is C13H17BrClNO2. The molecule has 1 aromatic rings. The standard InChI is InChI=1S/C13H17BrClNO2/c1-3-16(7-9(2)13(17)18)8-10-6-11(14)4-5-12(10)15/h4-6,9H,3,7-8H2,1-2H3,(H,17,18). The number of aliphatic carboxylic acids is 1. The van der Waals surface area contributed by atoms with Crippen LogP contribution in [0.25, 0.3) is 0 Å². The molecule has 0 saturated carbocycles. The number of carbonyl (C=O) groups is 1. The zero-order valence-corrected chi connectivity index (χ0v) is 12.8. The van der Waals surface area contributed by atoms with Gasteiger partial charge in [-0.3, -0.25) is 9.69 Å². The van der Waals surface area contributed by atoms with Crippen molar-refractivity contribution in [3.8, 4) is 0 Å². The first kappa shape index (κ1) is 15.5. The molecule has 0 aliphatic carbocycles. The Labute approximate surface area is 121 Å². The molecule has 5 heteroatoms. The first-order valence-corrected chi connectivity index (χ1v) is 7.00. The zero-order valence-electron chi connectivity index (χ0n) is 10.5. The summed E-state index contributed by atoms with van der Waals surface area (Å²) in [7, 11) is 0. The summed E-state index contributed by atoms with van der Waals surface area (Å²) in [6.45, 7) is 5.70. The molecule has 0 aliphatic heterocycles. The van der Waals surface area contributed by atoms with E-state index in [-0.39, 0.29) is 5.92 Å². The Bertz CT molecular complexity index is 425. The van der Waals surface area contributed by atoms with Crippen molar-refractivity contribution in [1.29, 1.82) is 0 Å². The van der Waals surface area contributed by atoms with E-state index in [1.54, 1.807) is 6.92 Å². The van der Waals surface area contributed by atoms with Crippen LogP contribution in [0.5, 0.6) is 0 Å². The lowest BCUT2D eigenvalue weighted by Crippen LogP contribution is -2.31. The summed E-state index contributed by atoms with van der Waals surface area (Å²) < 4.78 is 0.976. The maximum absolute atomic E-state index is 10.9. The van der Waals surface area contributed by atoms with Crippen LogP contribution in [0.2, 0.25) is 5.02 Å². The molecule has 0 amide bonds. The van der Waals surface area contributed by atoms with Crippen LogP contribution in [-0.4, -0.2) is 29.1 Å². The molecule has 1 rings (SSSR count). The van der Waals surface area contributed by atoms with Gasteiger partial charge in [0.1, 0.15) is 0 Å². The Hall–Kier alpha value is -0.580. The highest BCUT2D eigenvalue weighted by Gasteiger charge is 2.16. The fourth-order valence-electron chi connectivity index (χ4n) is 1.68.